The Morgan fingerprint density at radius 3 is 2.57 bits per heavy atom. The lowest BCUT2D eigenvalue weighted by atomic mass is 9.91. The molecule has 21 heavy (non-hydrogen) atoms. The van der Waals surface area contributed by atoms with Crippen LogP contribution >= 0.6 is 0 Å². The standard InChI is InChI=1S/C17H28N2O2/c1-2-21-16(20)17(13-4-5-13,18-14-6-7-14)11-19-10-12-3-8-15(19)9-12/h12-15,18H,2-11H2,1H3. The number of nitrogens with zero attached hydrogens (tertiary/aromatic N) is 1. The van der Waals surface area contributed by atoms with Gasteiger partial charge in [0.15, 0.2) is 0 Å². The molecule has 4 rings (SSSR count). The highest BCUT2D eigenvalue weighted by Crippen LogP contribution is 2.45. The van der Waals surface area contributed by atoms with Crippen LogP contribution < -0.4 is 5.32 Å². The van der Waals surface area contributed by atoms with Gasteiger partial charge in [0.1, 0.15) is 5.54 Å². The van der Waals surface area contributed by atoms with Gasteiger partial charge in [-0.1, -0.05) is 0 Å². The molecule has 0 aromatic rings. The Morgan fingerprint density at radius 1 is 1.24 bits per heavy atom. The zero-order valence-corrected chi connectivity index (χ0v) is 13.1. The third-order valence-corrected chi connectivity index (χ3v) is 5.93. The van der Waals surface area contributed by atoms with E-state index >= 15 is 0 Å². The lowest BCUT2D eigenvalue weighted by Gasteiger charge is -2.39. The summed E-state index contributed by atoms with van der Waals surface area (Å²) in [5, 5.41) is 3.72. The summed E-state index contributed by atoms with van der Waals surface area (Å²) in [6.07, 6.45) is 8.89. The molecule has 3 saturated carbocycles. The number of carbonyl (C=O) groups excluding carboxylic acids is 1. The summed E-state index contributed by atoms with van der Waals surface area (Å²) in [5.74, 6) is 1.40. The maximum Gasteiger partial charge on any atom is 0.327 e. The van der Waals surface area contributed by atoms with E-state index in [2.05, 4.69) is 10.2 Å². The van der Waals surface area contributed by atoms with Crippen LogP contribution in [0.5, 0.6) is 0 Å². The van der Waals surface area contributed by atoms with Gasteiger partial charge in [-0.2, -0.15) is 0 Å². The first-order chi connectivity index (χ1) is 10.2. The summed E-state index contributed by atoms with van der Waals surface area (Å²) in [6, 6.07) is 1.28. The summed E-state index contributed by atoms with van der Waals surface area (Å²) >= 11 is 0. The van der Waals surface area contributed by atoms with E-state index in [1.807, 2.05) is 6.92 Å². The van der Waals surface area contributed by atoms with Gasteiger partial charge in [0.2, 0.25) is 0 Å². The van der Waals surface area contributed by atoms with Gasteiger partial charge >= 0.3 is 5.97 Å². The van der Waals surface area contributed by atoms with E-state index < -0.39 is 5.54 Å². The molecule has 2 bridgehead atoms. The van der Waals surface area contributed by atoms with Crippen molar-refractivity contribution in [3.63, 3.8) is 0 Å². The smallest absolute Gasteiger partial charge is 0.327 e. The number of hydrogen-bond acceptors (Lipinski definition) is 4. The second kappa shape index (κ2) is 5.24. The third-order valence-electron chi connectivity index (χ3n) is 5.93. The van der Waals surface area contributed by atoms with Crippen LogP contribution in [0, 0.1) is 11.8 Å². The molecule has 1 saturated heterocycles. The van der Waals surface area contributed by atoms with Gasteiger partial charge in [-0.25, -0.2) is 4.79 Å². The number of likely N-dealkylation sites (tertiary alicyclic amines) is 1. The minimum Gasteiger partial charge on any atom is -0.465 e. The maximum atomic E-state index is 12.8. The highest BCUT2D eigenvalue weighted by atomic mass is 16.5. The third kappa shape index (κ3) is 2.61. The molecule has 3 atom stereocenters. The number of ether oxygens (including phenoxy) is 1. The maximum absolute atomic E-state index is 12.8. The normalized spacial score (nSPS) is 34.9. The number of fused-ring (bicyclic) bond motifs is 2. The number of rotatable bonds is 7. The fourth-order valence-electron chi connectivity index (χ4n) is 4.55. The van der Waals surface area contributed by atoms with E-state index in [-0.39, 0.29) is 5.97 Å². The molecule has 3 unspecified atom stereocenters. The fraction of sp³-hybridized carbons (Fsp3) is 0.941. The zero-order valence-electron chi connectivity index (χ0n) is 13.1. The summed E-state index contributed by atoms with van der Waals surface area (Å²) in [6.45, 7) is 4.50. The minimum absolute atomic E-state index is 0.0159. The molecule has 0 aromatic carbocycles. The number of esters is 1. The van der Waals surface area contributed by atoms with Gasteiger partial charge in [0.05, 0.1) is 6.61 Å². The van der Waals surface area contributed by atoms with E-state index in [1.54, 1.807) is 0 Å². The summed E-state index contributed by atoms with van der Waals surface area (Å²) in [7, 11) is 0. The molecule has 4 heteroatoms. The van der Waals surface area contributed by atoms with Gasteiger partial charge in [-0.15, -0.1) is 0 Å². The van der Waals surface area contributed by atoms with Crippen molar-refractivity contribution in [1.29, 1.82) is 0 Å². The molecular weight excluding hydrogens is 264 g/mol. The molecule has 1 heterocycles. The van der Waals surface area contributed by atoms with Crippen molar-refractivity contribution >= 4 is 5.97 Å². The zero-order chi connectivity index (χ0) is 14.4. The Bertz CT molecular complexity index is 419. The van der Waals surface area contributed by atoms with Gasteiger partial charge < -0.3 is 4.74 Å². The second-order valence-electron chi connectivity index (χ2n) is 7.65. The van der Waals surface area contributed by atoms with Crippen LogP contribution in [0.3, 0.4) is 0 Å². The van der Waals surface area contributed by atoms with Gasteiger partial charge in [-0.3, -0.25) is 10.2 Å². The van der Waals surface area contributed by atoms with Crippen LogP contribution in [0.1, 0.15) is 51.9 Å². The average molecular weight is 292 g/mol. The van der Waals surface area contributed by atoms with Crippen molar-refractivity contribution in [3.8, 4) is 0 Å². The van der Waals surface area contributed by atoms with E-state index in [0.717, 1.165) is 18.5 Å². The molecule has 0 spiro atoms. The van der Waals surface area contributed by atoms with Gasteiger partial charge in [0.25, 0.3) is 0 Å². The molecule has 118 valence electrons. The van der Waals surface area contributed by atoms with E-state index in [1.165, 1.54) is 51.5 Å². The SMILES string of the molecule is CCOC(=O)C(CN1CC2CCC1C2)(NC1CC1)C1CC1. The van der Waals surface area contributed by atoms with Crippen LogP contribution in [-0.4, -0.2) is 48.2 Å². The minimum atomic E-state index is -0.415. The second-order valence-corrected chi connectivity index (χ2v) is 7.65. The molecule has 4 fully saturated rings. The highest BCUT2D eigenvalue weighted by molar-refractivity contribution is 5.82. The predicted octanol–water partition coefficient (Wildman–Crippen LogP) is 1.93. The summed E-state index contributed by atoms with van der Waals surface area (Å²) in [4.78, 5) is 15.4. The van der Waals surface area contributed by atoms with Crippen LogP contribution in [-0.2, 0) is 9.53 Å². The Balaban J connectivity index is 1.53. The van der Waals surface area contributed by atoms with E-state index in [9.17, 15) is 4.79 Å². The first kappa shape index (κ1) is 14.0. The number of nitrogens with one attached hydrogen (secondary N) is 1. The first-order valence-corrected chi connectivity index (χ1v) is 8.90. The Hall–Kier alpha value is -0.610. The van der Waals surface area contributed by atoms with Gasteiger partial charge in [0, 0.05) is 25.2 Å². The lowest BCUT2D eigenvalue weighted by molar-refractivity contribution is -0.153. The molecule has 3 aliphatic carbocycles. The summed E-state index contributed by atoms with van der Waals surface area (Å²) < 4.78 is 5.50. The lowest BCUT2D eigenvalue weighted by Crippen LogP contribution is -2.62. The molecule has 0 aromatic heterocycles. The molecule has 0 amide bonds. The van der Waals surface area contributed by atoms with Crippen molar-refractivity contribution in [3.05, 3.63) is 0 Å². The molecule has 1 N–H and O–H groups in total. The molecule has 0 radical (unpaired) electrons. The highest BCUT2D eigenvalue weighted by Gasteiger charge is 2.56. The molecular formula is C17H28N2O2. The Morgan fingerprint density at radius 2 is 2.05 bits per heavy atom. The quantitative estimate of drug-likeness (QED) is 0.728. The number of carbonyl (C=O) groups is 1. The molecule has 4 nitrogen and oxygen atoms in total. The molecule has 4 aliphatic rings. The van der Waals surface area contributed by atoms with E-state index in [4.69, 9.17) is 4.74 Å². The predicted molar refractivity (Wildman–Crippen MR) is 80.9 cm³/mol. The Labute approximate surface area is 127 Å². The van der Waals surface area contributed by atoms with Crippen molar-refractivity contribution < 1.29 is 9.53 Å². The van der Waals surface area contributed by atoms with Crippen LogP contribution in [0.4, 0.5) is 0 Å². The van der Waals surface area contributed by atoms with Crippen molar-refractivity contribution in [2.75, 3.05) is 19.7 Å². The Kier molecular flexibility index (Phi) is 3.49. The van der Waals surface area contributed by atoms with Crippen LogP contribution in [0.2, 0.25) is 0 Å². The van der Waals surface area contributed by atoms with Crippen molar-refractivity contribution in [1.82, 2.24) is 10.2 Å². The molecule has 1 aliphatic heterocycles. The summed E-state index contributed by atoms with van der Waals surface area (Å²) in [5.41, 5.74) is -0.415. The number of hydrogen-bond donors (Lipinski definition) is 1. The monoisotopic (exact) mass is 292 g/mol. The topological polar surface area (TPSA) is 41.6 Å². The average Bonchev–Trinajstić information content (AvgIpc) is 3.39. The van der Waals surface area contributed by atoms with Crippen LogP contribution in [0.15, 0.2) is 0 Å². The first-order valence-electron chi connectivity index (χ1n) is 8.90. The van der Waals surface area contributed by atoms with Gasteiger partial charge in [-0.05, 0) is 63.7 Å². The largest absolute Gasteiger partial charge is 0.465 e. The number of piperidine rings is 1. The van der Waals surface area contributed by atoms with Crippen LogP contribution in [0.25, 0.3) is 0 Å². The fourth-order valence-corrected chi connectivity index (χ4v) is 4.55. The van der Waals surface area contributed by atoms with Crippen molar-refractivity contribution in [2.45, 2.75) is 69.5 Å². The van der Waals surface area contributed by atoms with Crippen molar-refractivity contribution in [2.24, 2.45) is 11.8 Å². The van der Waals surface area contributed by atoms with E-state index in [0.29, 0.717) is 18.6 Å².